The Bertz CT molecular complexity index is 688. The minimum Gasteiger partial charge on any atom is -0.397 e. The van der Waals surface area contributed by atoms with Crippen molar-refractivity contribution in [2.24, 2.45) is 0 Å². The second-order valence-corrected chi connectivity index (χ2v) is 4.64. The molecule has 7 nitrogen and oxygen atoms in total. The Kier molecular flexibility index (Phi) is 4.34. The van der Waals surface area contributed by atoms with Crippen LogP contribution in [0.25, 0.3) is 0 Å². The molecule has 0 spiro atoms. The summed E-state index contributed by atoms with van der Waals surface area (Å²) in [5.41, 5.74) is 6.75. The van der Waals surface area contributed by atoms with Crippen LogP contribution < -0.4 is 11.1 Å². The maximum absolute atomic E-state index is 11.8. The quantitative estimate of drug-likeness (QED) is 0.665. The largest absolute Gasteiger partial charge is 0.397 e. The summed E-state index contributed by atoms with van der Waals surface area (Å²) in [5, 5.41) is 13.2. The number of hydrogen-bond acceptors (Lipinski definition) is 5. The number of benzene rings is 1. The highest BCUT2D eigenvalue weighted by molar-refractivity contribution is 6.33. The van der Waals surface area contributed by atoms with E-state index < -0.39 is 4.92 Å². The van der Waals surface area contributed by atoms with Gasteiger partial charge in [-0.05, 0) is 24.3 Å². The average molecular weight is 307 g/mol. The molecule has 0 saturated carbocycles. The third-order valence-corrected chi connectivity index (χ3v) is 2.92. The van der Waals surface area contributed by atoms with Crippen LogP contribution in [0.1, 0.15) is 5.69 Å². The summed E-state index contributed by atoms with van der Waals surface area (Å²) in [5.74, 6) is -0.308. The molecule has 0 aliphatic rings. The molecule has 0 aliphatic carbocycles. The molecule has 0 radical (unpaired) electrons. The molecule has 2 aromatic rings. The molecule has 0 fully saturated rings. The lowest BCUT2D eigenvalue weighted by Crippen LogP contribution is -2.15. The predicted octanol–water partition coefficient (Wildman–Crippen LogP) is 2.41. The third-order valence-electron chi connectivity index (χ3n) is 2.62. The lowest BCUT2D eigenvalue weighted by molar-refractivity contribution is -0.384. The van der Waals surface area contributed by atoms with E-state index in [4.69, 9.17) is 17.3 Å². The van der Waals surface area contributed by atoms with Crippen molar-refractivity contribution < 1.29 is 9.72 Å². The third kappa shape index (κ3) is 3.90. The van der Waals surface area contributed by atoms with Gasteiger partial charge in [0.2, 0.25) is 5.91 Å². The van der Waals surface area contributed by atoms with E-state index in [0.29, 0.717) is 17.1 Å². The highest BCUT2D eigenvalue weighted by atomic mass is 35.5. The van der Waals surface area contributed by atoms with Crippen molar-refractivity contribution in [2.75, 3.05) is 11.1 Å². The van der Waals surface area contributed by atoms with Crippen LogP contribution in [-0.4, -0.2) is 15.8 Å². The number of aromatic nitrogens is 1. The number of nitro benzene ring substituents is 1. The van der Waals surface area contributed by atoms with Gasteiger partial charge in [-0.15, -0.1) is 0 Å². The number of nitrogens with zero attached hydrogens (tertiary/aromatic N) is 2. The Labute approximate surface area is 124 Å². The fourth-order valence-electron chi connectivity index (χ4n) is 1.64. The van der Waals surface area contributed by atoms with Gasteiger partial charge in [0, 0.05) is 17.4 Å². The van der Waals surface area contributed by atoms with Gasteiger partial charge >= 0.3 is 0 Å². The standard InChI is InChI=1S/C13H11ClN4O3/c14-11-5-10(3-4-12(11)18(20)21)17-13(19)6-9-2-1-8(15)7-16-9/h1-5,7H,6,15H2,(H,17,19). The van der Waals surface area contributed by atoms with Crippen molar-refractivity contribution in [3.63, 3.8) is 0 Å². The maximum Gasteiger partial charge on any atom is 0.288 e. The molecule has 21 heavy (non-hydrogen) atoms. The van der Waals surface area contributed by atoms with Crippen LogP contribution in [0.3, 0.4) is 0 Å². The van der Waals surface area contributed by atoms with E-state index in [1.54, 1.807) is 12.1 Å². The first-order chi connectivity index (χ1) is 9.95. The Morgan fingerprint density at radius 1 is 1.38 bits per heavy atom. The van der Waals surface area contributed by atoms with E-state index in [0.717, 1.165) is 0 Å². The minimum absolute atomic E-state index is 0.0385. The molecule has 1 aromatic carbocycles. The van der Waals surface area contributed by atoms with E-state index in [-0.39, 0.29) is 23.0 Å². The summed E-state index contributed by atoms with van der Waals surface area (Å²) >= 11 is 5.77. The molecule has 0 bridgehead atoms. The van der Waals surface area contributed by atoms with Crippen molar-refractivity contribution >= 4 is 34.6 Å². The van der Waals surface area contributed by atoms with E-state index in [1.165, 1.54) is 24.4 Å². The second kappa shape index (κ2) is 6.19. The summed E-state index contributed by atoms with van der Waals surface area (Å²) in [4.78, 5) is 25.9. The highest BCUT2D eigenvalue weighted by Gasteiger charge is 2.13. The number of halogens is 1. The van der Waals surface area contributed by atoms with Gasteiger partial charge in [-0.2, -0.15) is 0 Å². The molecular formula is C13H11ClN4O3. The van der Waals surface area contributed by atoms with E-state index in [9.17, 15) is 14.9 Å². The summed E-state index contributed by atoms with van der Waals surface area (Å²) in [6.07, 6.45) is 1.53. The van der Waals surface area contributed by atoms with Crippen LogP contribution in [0.4, 0.5) is 17.1 Å². The van der Waals surface area contributed by atoms with Crippen LogP contribution in [0.2, 0.25) is 5.02 Å². The number of carbonyl (C=O) groups is 1. The molecule has 0 unspecified atom stereocenters. The molecule has 108 valence electrons. The van der Waals surface area contributed by atoms with Gasteiger partial charge in [-0.3, -0.25) is 19.9 Å². The number of rotatable bonds is 4. The Morgan fingerprint density at radius 2 is 2.14 bits per heavy atom. The van der Waals surface area contributed by atoms with Crippen LogP contribution in [0.5, 0.6) is 0 Å². The number of nitrogens with one attached hydrogen (secondary N) is 1. The first kappa shape index (κ1) is 14.7. The number of nitrogen functional groups attached to an aromatic ring is 1. The topological polar surface area (TPSA) is 111 Å². The lowest BCUT2D eigenvalue weighted by atomic mass is 10.2. The molecule has 3 N–H and O–H groups in total. The van der Waals surface area contributed by atoms with Gasteiger partial charge in [0.25, 0.3) is 5.69 Å². The molecule has 0 atom stereocenters. The minimum atomic E-state index is -0.591. The number of carbonyl (C=O) groups excluding carboxylic acids is 1. The SMILES string of the molecule is Nc1ccc(CC(=O)Nc2ccc([N+](=O)[O-])c(Cl)c2)nc1. The van der Waals surface area contributed by atoms with Crippen molar-refractivity contribution in [1.29, 1.82) is 0 Å². The number of pyridine rings is 1. The summed E-state index contributed by atoms with van der Waals surface area (Å²) < 4.78 is 0. The Morgan fingerprint density at radius 3 is 2.71 bits per heavy atom. The zero-order valence-corrected chi connectivity index (χ0v) is 11.5. The Hall–Kier alpha value is -2.67. The van der Waals surface area contributed by atoms with E-state index >= 15 is 0 Å². The van der Waals surface area contributed by atoms with Crippen molar-refractivity contribution in [2.45, 2.75) is 6.42 Å². The fourth-order valence-corrected chi connectivity index (χ4v) is 1.89. The smallest absolute Gasteiger partial charge is 0.288 e. The van der Waals surface area contributed by atoms with Gasteiger partial charge < -0.3 is 11.1 Å². The molecule has 2 rings (SSSR count). The first-order valence-corrected chi connectivity index (χ1v) is 6.27. The molecule has 1 amide bonds. The van der Waals surface area contributed by atoms with Crippen LogP contribution in [0, 0.1) is 10.1 Å². The fraction of sp³-hybridized carbons (Fsp3) is 0.0769. The number of amides is 1. The number of hydrogen-bond donors (Lipinski definition) is 2. The van der Waals surface area contributed by atoms with Gasteiger partial charge in [0.1, 0.15) is 5.02 Å². The highest BCUT2D eigenvalue weighted by Crippen LogP contribution is 2.27. The summed E-state index contributed by atoms with van der Waals surface area (Å²) in [7, 11) is 0. The first-order valence-electron chi connectivity index (χ1n) is 5.90. The molecule has 8 heteroatoms. The molecule has 0 saturated heterocycles. The number of anilines is 2. The second-order valence-electron chi connectivity index (χ2n) is 4.23. The van der Waals surface area contributed by atoms with Gasteiger partial charge in [0.15, 0.2) is 0 Å². The predicted molar refractivity (Wildman–Crippen MR) is 79.1 cm³/mol. The monoisotopic (exact) mass is 306 g/mol. The Balaban J connectivity index is 2.04. The van der Waals surface area contributed by atoms with Crippen molar-refractivity contribution in [1.82, 2.24) is 4.98 Å². The molecule has 0 aliphatic heterocycles. The molecule has 1 aromatic heterocycles. The van der Waals surface area contributed by atoms with Crippen molar-refractivity contribution in [3.05, 3.63) is 57.4 Å². The maximum atomic E-state index is 11.8. The zero-order valence-electron chi connectivity index (χ0n) is 10.7. The zero-order chi connectivity index (χ0) is 15.4. The summed E-state index contributed by atoms with van der Waals surface area (Å²) in [6.45, 7) is 0. The van der Waals surface area contributed by atoms with Crippen molar-refractivity contribution in [3.8, 4) is 0 Å². The van der Waals surface area contributed by atoms with Gasteiger partial charge in [-0.25, -0.2) is 0 Å². The molecular weight excluding hydrogens is 296 g/mol. The van der Waals surface area contributed by atoms with Gasteiger partial charge in [0.05, 0.1) is 23.2 Å². The normalized spacial score (nSPS) is 10.1. The average Bonchev–Trinajstić information content (AvgIpc) is 2.41. The van der Waals surface area contributed by atoms with Crippen LogP contribution in [0.15, 0.2) is 36.5 Å². The van der Waals surface area contributed by atoms with Gasteiger partial charge in [-0.1, -0.05) is 11.6 Å². The summed E-state index contributed by atoms with van der Waals surface area (Å²) in [6, 6.07) is 7.28. The van der Waals surface area contributed by atoms with E-state index in [1.807, 2.05) is 0 Å². The molecule has 1 heterocycles. The van der Waals surface area contributed by atoms with E-state index in [2.05, 4.69) is 10.3 Å². The lowest BCUT2D eigenvalue weighted by Gasteiger charge is -2.06. The van der Waals surface area contributed by atoms with Crippen LogP contribution >= 0.6 is 11.6 Å². The number of nitrogens with two attached hydrogens (primary N) is 1. The van der Waals surface area contributed by atoms with Crippen LogP contribution in [-0.2, 0) is 11.2 Å². The number of nitro groups is 1.